The lowest BCUT2D eigenvalue weighted by atomic mass is 10.0. The number of carbonyl (C=O) groups excluding carboxylic acids is 1. The number of alkyl halides is 3. The summed E-state index contributed by atoms with van der Waals surface area (Å²) in [4.78, 5) is 13.8. The number of nitrogens with zero attached hydrogens (tertiary/aromatic N) is 1. The summed E-state index contributed by atoms with van der Waals surface area (Å²) >= 11 is 0. The second kappa shape index (κ2) is 6.47. The molecule has 0 bridgehead atoms. The van der Waals surface area contributed by atoms with Gasteiger partial charge in [0.25, 0.3) is 5.91 Å². The molecule has 1 aliphatic rings. The molecule has 0 spiro atoms. The molecule has 1 amide bonds. The van der Waals surface area contributed by atoms with Gasteiger partial charge in [0.15, 0.2) is 0 Å². The van der Waals surface area contributed by atoms with Gasteiger partial charge >= 0.3 is 6.18 Å². The first kappa shape index (κ1) is 15.8. The van der Waals surface area contributed by atoms with Crippen LogP contribution in [-0.4, -0.2) is 37.0 Å². The minimum atomic E-state index is -4.38. The van der Waals surface area contributed by atoms with Gasteiger partial charge in [-0.15, -0.1) is 0 Å². The summed E-state index contributed by atoms with van der Waals surface area (Å²) in [5, 5.41) is 3.34. The molecule has 3 nitrogen and oxygen atoms in total. The summed E-state index contributed by atoms with van der Waals surface area (Å²) in [6.45, 7) is 1.52. The standard InChI is InChI=1S/C15H19F3N2O/c1-20(10-13-4-2-3-9-19-13)14(21)11-5-7-12(8-6-11)15(16,17)18/h5-8,13,19H,2-4,9-10H2,1H3. The Balaban J connectivity index is 1.98. The van der Waals surface area contributed by atoms with Crippen LogP contribution < -0.4 is 5.32 Å². The Kier molecular flexibility index (Phi) is 4.88. The quantitative estimate of drug-likeness (QED) is 0.931. The highest BCUT2D eigenvalue weighted by atomic mass is 19.4. The van der Waals surface area contributed by atoms with Crippen molar-refractivity contribution in [1.29, 1.82) is 0 Å². The Bertz CT molecular complexity index is 479. The maximum absolute atomic E-state index is 12.5. The highest BCUT2D eigenvalue weighted by molar-refractivity contribution is 5.94. The first-order chi connectivity index (χ1) is 9.88. The average molecular weight is 300 g/mol. The molecule has 0 aromatic heterocycles. The average Bonchev–Trinajstić information content (AvgIpc) is 2.46. The second-order valence-electron chi connectivity index (χ2n) is 5.41. The molecular weight excluding hydrogens is 281 g/mol. The molecule has 1 unspecified atom stereocenters. The van der Waals surface area contributed by atoms with Gasteiger partial charge in [-0.2, -0.15) is 13.2 Å². The summed E-state index contributed by atoms with van der Waals surface area (Å²) in [6, 6.07) is 4.62. The second-order valence-corrected chi connectivity index (χ2v) is 5.41. The summed E-state index contributed by atoms with van der Waals surface area (Å²) in [5.74, 6) is -0.254. The first-order valence-corrected chi connectivity index (χ1v) is 7.04. The van der Waals surface area contributed by atoms with E-state index in [0.29, 0.717) is 6.54 Å². The van der Waals surface area contributed by atoms with Gasteiger partial charge in [-0.25, -0.2) is 0 Å². The van der Waals surface area contributed by atoms with E-state index in [9.17, 15) is 18.0 Å². The van der Waals surface area contributed by atoms with Crippen molar-refractivity contribution in [2.75, 3.05) is 20.1 Å². The van der Waals surface area contributed by atoms with Gasteiger partial charge in [-0.3, -0.25) is 4.79 Å². The molecule has 1 atom stereocenters. The third kappa shape index (κ3) is 4.20. The van der Waals surface area contributed by atoms with Crippen LogP contribution in [0.25, 0.3) is 0 Å². The van der Waals surface area contributed by atoms with Crippen LogP contribution in [0.2, 0.25) is 0 Å². The molecule has 2 rings (SSSR count). The lowest BCUT2D eigenvalue weighted by Gasteiger charge is -2.28. The van der Waals surface area contributed by atoms with E-state index in [1.165, 1.54) is 12.1 Å². The Morgan fingerprint density at radius 2 is 1.95 bits per heavy atom. The number of rotatable bonds is 3. The van der Waals surface area contributed by atoms with E-state index in [0.717, 1.165) is 37.9 Å². The van der Waals surface area contributed by atoms with E-state index in [1.807, 2.05) is 0 Å². The number of halogens is 3. The van der Waals surface area contributed by atoms with Crippen molar-refractivity contribution in [2.45, 2.75) is 31.5 Å². The Labute approximate surface area is 122 Å². The number of amides is 1. The van der Waals surface area contributed by atoms with Crippen LogP contribution in [0, 0.1) is 0 Å². The summed E-state index contributed by atoms with van der Waals surface area (Å²) in [5.41, 5.74) is -0.461. The lowest BCUT2D eigenvalue weighted by molar-refractivity contribution is -0.137. The smallest absolute Gasteiger partial charge is 0.340 e. The van der Waals surface area contributed by atoms with Gasteiger partial charge in [0.1, 0.15) is 0 Å². The van der Waals surface area contributed by atoms with Crippen LogP contribution in [0.5, 0.6) is 0 Å². The Morgan fingerprint density at radius 1 is 1.29 bits per heavy atom. The SMILES string of the molecule is CN(CC1CCCCN1)C(=O)c1ccc(C(F)(F)F)cc1. The van der Waals surface area contributed by atoms with E-state index in [1.54, 1.807) is 11.9 Å². The van der Waals surface area contributed by atoms with Crippen LogP contribution in [0.3, 0.4) is 0 Å². The molecule has 116 valence electrons. The van der Waals surface area contributed by atoms with E-state index in [4.69, 9.17) is 0 Å². The molecule has 1 N–H and O–H groups in total. The summed E-state index contributed by atoms with van der Waals surface area (Å²) in [7, 11) is 1.68. The number of piperidine rings is 1. The van der Waals surface area contributed by atoms with Crippen molar-refractivity contribution in [3.63, 3.8) is 0 Å². The monoisotopic (exact) mass is 300 g/mol. The van der Waals surface area contributed by atoms with Crippen LogP contribution in [-0.2, 0) is 6.18 Å². The maximum atomic E-state index is 12.5. The number of carbonyl (C=O) groups is 1. The number of benzene rings is 1. The molecule has 1 heterocycles. The van der Waals surface area contributed by atoms with Crippen molar-refractivity contribution in [3.8, 4) is 0 Å². The fourth-order valence-corrected chi connectivity index (χ4v) is 2.52. The van der Waals surface area contributed by atoms with Gasteiger partial charge in [-0.1, -0.05) is 6.42 Å². The van der Waals surface area contributed by atoms with Crippen molar-refractivity contribution >= 4 is 5.91 Å². The van der Waals surface area contributed by atoms with Gasteiger partial charge in [0.2, 0.25) is 0 Å². The third-order valence-corrected chi connectivity index (χ3v) is 3.71. The van der Waals surface area contributed by atoms with E-state index >= 15 is 0 Å². The predicted molar refractivity (Wildman–Crippen MR) is 74.0 cm³/mol. The van der Waals surface area contributed by atoms with Crippen LogP contribution in [0.4, 0.5) is 13.2 Å². The molecule has 21 heavy (non-hydrogen) atoms. The highest BCUT2D eigenvalue weighted by Gasteiger charge is 2.30. The summed E-state index contributed by atoms with van der Waals surface area (Å²) in [6.07, 6.45) is -1.07. The first-order valence-electron chi connectivity index (χ1n) is 7.04. The fraction of sp³-hybridized carbons (Fsp3) is 0.533. The normalized spacial score (nSPS) is 19.3. The number of nitrogens with one attached hydrogen (secondary N) is 1. The topological polar surface area (TPSA) is 32.3 Å². The molecular formula is C15H19F3N2O. The van der Waals surface area contributed by atoms with Crippen molar-refractivity contribution in [2.24, 2.45) is 0 Å². The van der Waals surface area contributed by atoms with Crippen LogP contribution >= 0.6 is 0 Å². The third-order valence-electron chi connectivity index (χ3n) is 3.71. The van der Waals surface area contributed by atoms with Gasteiger partial charge in [-0.05, 0) is 43.7 Å². The van der Waals surface area contributed by atoms with Crippen molar-refractivity contribution in [3.05, 3.63) is 35.4 Å². The fourth-order valence-electron chi connectivity index (χ4n) is 2.52. The van der Waals surface area contributed by atoms with E-state index in [2.05, 4.69) is 5.32 Å². The van der Waals surface area contributed by atoms with Gasteiger partial charge in [0.05, 0.1) is 5.56 Å². The minimum absolute atomic E-state index is 0.254. The van der Waals surface area contributed by atoms with Gasteiger partial charge < -0.3 is 10.2 Å². The zero-order valence-corrected chi connectivity index (χ0v) is 11.9. The molecule has 0 saturated carbocycles. The maximum Gasteiger partial charge on any atom is 0.416 e. The molecule has 0 radical (unpaired) electrons. The summed E-state index contributed by atoms with van der Waals surface area (Å²) < 4.78 is 37.5. The van der Waals surface area contributed by atoms with Gasteiger partial charge in [0, 0.05) is 25.2 Å². The molecule has 1 fully saturated rings. The molecule has 1 aliphatic heterocycles. The zero-order valence-electron chi connectivity index (χ0n) is 11.9. The predicted octanol–water partition coefficient (Wildman–Crippen LogP) is 2.92. The molecule has 1 saturated heterocycles. The van der Waals surface area contributed by atoms with E-state index < -0.39 is 11.7 Å². The van der Waals surface area contributed by atoms with Crippen molar-refractivity contribution in [1.82, 2.24) is 10.2 Å². The minimum Gasteiger partial charge on any atom is -0.340 e. The molecule has 1 aromatic rings. The zero-order chi connectivity index (χ0) is 15.5. The molecule has 1 aromatic carbocycles. The van der Waals surface area contributed by atoms with E-state index in [-0.39, 0.29) is 17.5 Å². The van der Waals surface area contributed by atoms with Crippen LogP contribution in [0.1, 0.15) is 35.2 Å². The molecule has 0 aliphatic carbocycles. The number of likely N-dealkylation sites (N-methyl/N-ethyl adjacent to an activating group) is 1. The van der Waals surface area contributed by atoms with Crippen molar-refractivity contribution < 1.29 is 18.0 Å². The Hall–Kier alpha value is -1.56. The Morgan fingerprint density at radius 3 is 2.48 bits per heavy atom. The number of hydrogen-bond donors (Lipinski definition) is 1. The molecule has 6 heteroatoms. The lowest BCUT2D eigenvalue weighted by Crippen LogP contribution is -2.44. The highest BCUT2D eigenvalue weighted by Crippen LogP contribution is 2.29. The largest absolute Gasteiger partial charge is 0.416 e. The van der Waals surface area contributed by atoms with Crippen LogP contribution in [0.15, 0.2) is 24.3 Å². The number of hydrogen-bond acceptors (Lipinski definition) is 2.